The van der Waals surface area contributed by atoms with E-state index in [1.807, 2.05) is 18.2 Å². The van der Waals surface area contributed by atoms with Crippen LogP contribution in [-0.2, 0) is 21.4 Å². The largest absolute Gasteiger partial charge is 0.493 e. The second-order valence-corrected chi connectivity index (χ2v) is 9.95. The molecule has 2 heterocycles. The van der Waals surface area contributed by atoms with Gasteiger partial charge < -0.3 is 14.4 Å². The van der Waals surface area contributed by atoms with E-state index < -0.39 is 10.0 Å². The van der Waals surface area contributed by atoms with Crippen LogP contribution >= 0.6 is 0 Å². The third kappa shape index (κ3) is 4.60. The van der Waals surface area contributed by atoms with Gasteiger partial charge >= 0.3 is 0 Å². The van der Waals surface area contributed by atoms with Gasteiger partial charge in [0.2, 0.25) is 15.9 Å². The Morgan fingerprint density at radius 2 is 1.56 bits per heavy atom. The van der Waals surface area contributed by atoms with Crippen molar-refractivity contribution in [3.63, 3.8) is 0 Å². The van der Waals surface area contributed by atoms with Crippen molar-refractivity contribution < 1.29 is 22.7 Å². The van der Waals surface area contributed by atoms with Gasteiger partial charge in [0.05, 0.1) is 19.1 Å². The van der Waals surface area contributed by atoms with Crippen molar-refractivity contribution in [1.82, 2.24) is 9.21 Å². The lowest BCUT2D eigenvalue weighted by Gasteiger charge is -2.34. The molecule has 0 saturated carbocycles. The van der Waals surface area contributed by atoms with E-state index in [0.717, 1.165) is 17.7 Å². The zero-order chi connectivity index (χ0) is 22.7. The van der Waals surface area contributed by atoms with Crippen LogP contribution in [0.3, 0.4) is 0 Å². The molecule has 0 bridgehead atoms. The van der Waals surface area contributed by atoms with E-state index in [9.17, 15) is 13.2 Å². The topological polar surface area (TPSA) is 79.4 Å². The highest BCUT2D eigenvalue weighted by Crippen LogP contribution is 2.29. The minimum atomic E-state index is -3.57. The van der Waals surface area contributed by atoms with Crippen LogP contribution in [0.25, 0.3) is 0 Å². The number of carbonyl (C=O) groups is 1. The quantitative estimate of drug-likeness (QED) is 0.632. The zero-order valence-electron chi connectivity index (χ0n) is 18.5. The molecular formula is C23H29N3O5S. The summed E-state index contributed by atoms with van der Waals surface area (Å²) in [5, 5.41) is 0. The molecular weight excluding hydrogens is 430 g/mol. The Balaban J connectivity index is 1.37. The fourth-order valence-corrected chi connectivity index (χ4v) is 5.66. The van der Waals surface area contributed by atoms with Crippen LogP contribution in [0, 0.1) is 0 Å². The van der Waals surface area contributed by atoms with Gasteiger partial charge in [-0.1, -0.05) is 6.07 Å². The summed E-state index contributed by atoms with van der Waals surface area (Å²) in [6.45, 7) is 3.56. The van der Waals surface area contributed by atoms with Crippen LogP contribution in [0.5, 0.6) is 11.5 Å². The number of ether oxygens (including phenoxy) is 2. The molecule has 2 aromatic rings. The van der Waals surface area contributed by atoms with Crippen molar-refractivity contribution in [3.05, 3.63) is 48.0 Å². The molecule has 0 aromatic heterocycles. The van der Waals surface area contributed by atoms with E-state index in [0.29, 0.717) is 57.2 Å². The number of amides is 1. The Hall–Kier alpha value is -2.62. The molecule has 0 atom stereocenters. The molecule has 2 aliphatic rings. The fourth-order valence-electron chi connectivity index (χ4n) is 4.23. The monoisotopic (exact) mass is 459 g/mol. The standard InChI is InChI=1S/C23H29N3O5S/c1-30-21-10-5-18(16-22(21)31-2)17-24-12-14-25(15-13-24)32(28,29)20-8-6-19(7-9-20)26-11-3-4-23(26)27/h5-10,16H,3-4,11-15,17H2,1-2H3. The van der Waals surface area contributed by atoms with E-state index in [2.05, 4.69) is 4.90 Å². The predicted molar refractivity (Wildman–Crippen MR) is 122 cm³/mol. The Kier molecular flexibility index (Phi) is 6.68. The van der Waals surface area contributed by atoms with Gasteiger partial charge in [-0.25, -0.2) is 8.42 Å². The van der Waals surface area contributed by atoms with Crippen molar-refractivity contribution in [2.45, 2.75) is 24.3 Å². The smallest absolute Gasteiger partial charge is 0.243 e. The van der Waals surface area contributed by atoms with E-state index in [1.165, 1.54) is 4.31 Å². The van der Waals surface area contributed by atoms with Crippen LogP contribution in [0.2, 0.25) is 0 Å². The minimum Gasteiger partial charge on any atom is -0.493 e. The average Bonchev–Trinajstić information content (AvgIpc) is 3.25. The molecule has 2 aliphatic heterocycles. The molecule has 2 saturated heterocycles. The Morgan fingerprint density at radius 1 is 0.875 bits per heavy atom. The number of benzene rings is 2. The fraction of sp³-hybridized carbons (Fsp3) is 0.435. The first-order valence-corrected chi connectivity index (χ1v) is 12.2. The maximum Gasteiger partial charge on any atom is 0.243 e. The molecule has 4 rings (SSSR count). The van der Waals surface area contributed by atoms with Crippen LogP contribution in [-0.4, -0.2) is 70.5 Å². The van der Waals surface area contributed by atoms with Gasteiger partial charge in [0.25, 0.3) is 0 Å². The van der Waals surface area contributed by atoms with Gasteiger partial charge in [-0.2, -0.15) is 4.31 Å². The van der Waals surface area contributed by atoms with Crippen LogP contribution in [0.1, 0.15) is 18.4 Å². The molecule has 0 N–H and O–H groups in total. The highest BCUT2D eigenvalue weighted by atomic mass is 32.2. The molecule has 1 amide bonds. The molecule has 172 valence electrons. The van der Waals surface area contributed by atoms with Gasteiger partial charge in [0.1, 0.15) is 0 Å². The summed E-state index contributed by atoms with van der Waals surface area (Å²) in [5.74, 6) is 1.46. The van der Waals surface area contributed by atoms with Gasteiger partial charge in [-0.15, -0.1) is 0 Å². The van der Waals surface area contributed by atoms with Gasteiger partial charge in [0, 0.05) is 51.4 Å². The number of nitrogens with zero attached hydrogens (tertiary/aromatic N) is 3. The molecule has 0 unspecified atom stereocenters. The Bertz CT molecular complexity index is 1060. The third-order valence-electron chi connectivity index (χ3n) is 6.04. The van der Waals surface area contributed by atoms with E-state index in [-0.39, 0.29) is 10.8 Å². The molecule has 9 heteroatoms. The van der Waals surface area contributed by atoms with Crippen LogP contribution in [0.4, 0.5) is 5.69 Å². The molecule has 2 fully saturated rings. The number of hydrogen-bond donors (Lipinski definition) is 0. The van der Waals surface area contributed by atoms with E-state index in [4.69, 9.17) is 9.47 Å². The number of sulfonamides is 1. The number of piperazine rings is 1. The maximum absolute atomic E-state index is 13.1. The SMILES string of the molecule is COc1ccc(CN2CCN(S(=O)(=O)c3ccc(N4CCCC4=O)cc3)CC2)cc1OC. The summed E-state index contributed by atoms with van der Waals surface area (Å²) in [6, 6.07) is 12.5. The van der Waals surface area contributed by atoms with Crippen molar-refractivity contribution in [1.29, 1.82) is 0 Å². The van der Waals surface area contributed by atoms with Gasteiger partial charge in [-0.3, -0.25) is 9.69 Å². The second kappa shape index (κ2) is 9.48. The zero-order valence-corrected chi connectivity index (χ0v) is 19.3. The van der Waals surface area contributed by atoms with Crippen LogP contribution < -0.4 is 14.4 Å². The van der Waals surface area contributed by atoms with Crippen LogP contribution in [0.15, 0.2) is 47.4 Å². The maximum atomic E-state index is 13.1. The van der Waals surface area contributed by atoms with E-state index >= 15 is 0 Å². The molecule has 0 aliphatic carbocycles. The predicted octanol–water partition coefficient (Wildman–Crippen LogP) is 2.34. The van der Waals surface area contributed by atoms with Gasteiger partial charge in [0.15, 0.2) is 11.5 Å². The van der Waals surface area contributed by atoms with Crippen molar-refractivity contribution in [3.8, 4) is 11.5 Å². The number of methoxy groups -OCH3 is 2. The number of anilines is 1. The second-order valence-electron chi connectivity index (χ2n) is 8.01. The molecule has 0 spiro atoms. The van der Waals surface area contributed by atoms with E-state index in [1.54, 1.807) is 43.4 Å². The lowest BCUT2D eigenvalue weighted by molar-refractivity contribution is -0.117. The average molecular weight is 460 g/mol. The number of rotatable bonds is 7. The summed E-state index contributed by atoms with van der Waals surface area (Å²) in [6.07, 6.45) is 1.39. The Morgan fingerprint density at radius 3 is 2.16 bits per heavy atom. The first-order chi connectivity index (χ1) is 15.4. The first-order valence-electron chi connectivity index (χ1n) is 10.8. The Labute approximate surface area is 189 Å². The minimum absolute atomic E-state index is 0.0891. The lowest BCUT2D eigenvalue weighted by Crippen LogP contribution is -2.48. The molecule has 32 heavy (non-hydrogen) atoms. The number of carbonyl (C=O) groups excluding carboxylic acids is 1. The van der Waals surface area contributed by atoms with Gasteiger partial charge in [-0.05, 0) is 48.4 Å². The molecule has 2 aromatic carbocycles. The first kappa shape index (κ1) is 22.6. The normalized spacial score (nSPS) is 18.2. The van der Waals surface area contributed by atoms with Crippen molar-refractivity contribution in [2.75, 3.05) is 51.8 Å². The summed E-state index contributed by atoms with van der Waals surface area (Å²) in [5.41, 5.74) is 1.84. The lowest BCUT2D eigenvalue weighted by atomic mass is 10.1. The summed E-state index contributed by atoms with van der Waals surface area (Å²) < 4.78 is 38.4. The summed E-state index contributed by atoms with van der Waals surface area (Å²) in [7, 11) is -0.345. The third-order valence-corrected chi connectivity index (χ3v) is 7.96. The highest BCUT2D eigenvalue weighted by Gasteiger charge is 2.29. The highest BCUT2D eigenvalue weighted by molar-refractivity contribution is 7.89. The molecule has 0 radical (unpaired) electrons. The van der Waals surface area contributed by atoms with Crippen molar-refractivity contribution >= 4 is 21.6 Å². The number of hydrogen-bond acceptors (Lipinski definition) is 6. The summed E-state index contributed by atoms with van der Waals surface area (Å²) >= 11 is 0. The molecule has 8 nitrogen and oxygen atoms in total. The summed E-state index contributed by atoms with van der Waals surface area (Å²) in [4.78, 5) is 16.1. The van der Waals surface area contributed by atoms with Crippen molar-refractivity contribution in [2.24, 2.45) is 0 Å².